The maximum absolute atomic E-state index is 11.9. The molecular formula is C10H19NO5S2. The molecule has 0 aromatic carbocycles. The van der Waals surface area contributed by atoms with E-state index in [4.69, 9.17) is 0 Å². The summed E-state index contributed by atoms with van der Waals surface area (Å²) in [5.74, 6) is 0.0903. The lowest BCUT2D eigenvalue weighted by Crippen LogP contribution is -2.42. The summed E-state index contributed by atoms with van der Waals surface area (Å²) in [7, 11) is -6.56. The van der Waals surface area contributed by atoms with Crippen LogP contribution in [-0.2, 0) is 19.9 Å². The first-order valence-electron chi connectivity index (χ1n) is 6.17. The Bertz CT molecular complexity index is 480. The van der Waals surface area contributed by atoms with Crippen molar-refractivity contribution in [2.24, 2.45) is 5.92 Å². The van der Waals surface area contributed by atoms with Gasteiger partial charge in [0.1, 0.15) is 9.84 Å². The van der Waals surface area contributed by atoms with Crippen LogP contribution >= 0.6 is 0 Å². The minimum atomic E-state index is -3.51. The standard InChI is InChI=1S/C10H19NO5S2/c12-10(8-1-2-8)7-11-18(15,16)9-3-5-17(13,14)6-4-9/h8-12H,1-7H2. The lowest BCUT2D eigenvalue weighted by atomic mass is 10.2. The van der Waals surface area contributed by atoms with Crippen molar-refractivity contribution in [2.45, 2.75) is 37.0 Å². The zero-order valence-electron chi connectivity index (χ0n) is 10.1. The summed E-state index contributed by atoms with van der Waals surface area (Å²) >= 11 is 0. The molecule has 0 aromatic rings. The van der Waals surface area contributed by atoms with Crippen LogP contribution in [0.5, 0.6) is 0 Å². The fourth-order valence-corrected chi connectivity index (χ4v) is 5.43. The van der Waals surface area contributed by atoms with E-state index in [1.807, 2.05) is 0 Å². The highest BCUT2D eigenvalue weighted by molar-refractivity contribution is 7.92. The second-order valence-corrected chi connectivity index (χ2v) is 9.50. The van der Waals surface area contributed by atoms with E-state index in [9.17, 15) is 21.9 Å². The van der Waals surface area contributed by atoms with Gasteiger partial charge in [0.15, 0.2) is 0 Å². The molecule has 0 amide bonds. The van der Waals surface area contributed by atoms with Crippen LogP contribution < -0.4 is 4.72 Å². The van der Waals surface area contributed by atoms with E-state index in [0.29, 0.717) is 0 Å². The minimum Gasteiger partial charge on any atom is -0.391 e. The van der Waals surface area contributed by atoms with Gasteiger partial charge in [-0.3, -0.25) is 0 Å². The van der Waals surface area contributed by atoms with Crippen LogP contribution in [0.1, 0.15) is 25.7 Å². The third-order valence-electron chi connectivity index (χ3n) is 3.60. The number of hydrogen-bond donors (Lipinski definition) is 2. The Morgan fingerprint density at radius 2 is 1.72 bits per heavy atom. The average Bonchev–Trinajstić information content (AvgIpc) is 3.09. The molecular weight excluding hydrogens is 278 g/mol. The van der Waals surface area contributed by atoms with Crippen LogP contribution in [0, 0.1) is 5.92 Å². The van der Waals surface area contributed by atoms with Gasteiger partial charge >= 0.3 is 0 Å². The van der Waals surface area contributed by atoms with E-state index in [2.05, 4.69) is 4.72 Å². The van der Waals surface area contributed by atoms with Crippen LogP contribution in [0.4, 0.5) is 0 Å². The molecule has 0 spiro atoms. The van der Waals surface area contributed by atoms with E-state index in [-0.39, 0.29) is 36.8 Å². The molecule has 18 heavy (non-hydrogen) atoms. The molecule has 0 radical (unpaired) electrons. The van der Waals surface area contributed by atoms with Crippen LogP contribution in [0.15, 0.2) is 0 Å². The Hall–Kier alpha value is -0.180. The van der Waals surface area contributed by atoms with Crippen molar-refractivity contribution in [3.63, 3.8) is 0 Å². The molecule has 1 atom stereocenters. The van der Waals surface area contributed by atoms with Gasteiger partial charge in [0.05, 0.1) is 22.9 Å². The smallest absolute Gasteiger partial charge is 0.214 e. The summed E-state index contributed by atoms with van der Waals surface area (Å²) in [6.45, 7) is 0.0379. The average molecular weight is 297 g/mol. The Morgan fingerprint density at radius 1 is 1.17 bits per heavy atom. The zero-order valence-corrected chi connectivity index (χ0v) is 11.7. The number of aliphatic hydroxyl groups excluding tert-OH is 1. The molecule has 1 unspecified atom stereocenters. The van der Waals surface area contributed by atoms with Crippen molar-refractivity contribution >= 4 is 19.9 Å². The summed E-state index contributed by atoms with van der Waals surface area (Å²) in [4.78, 5) is 0. The van der Waals surface area contributed by atoms with Crippen molar-refractivity contribution in [3.8, 4) is 0 Å². The van der Waals surface area contributed by atoms with Gasteiger partial charge in [-0.2, -0.15) is 0 Å². The first-order chi connectivity index (χ1) is 8.30. The number of aliphatic hydroxyl groups is 1. The molecule has 2 aliphatic rings. The summed E-state index contributed by atoms with van der Waals surface area (Å²) in [5, 5.41) is 8.96. The zero-order chi connectivity index (χ0) is 13.4. The lowest BCUT2D eigenvalue weighted by Gasteiger charge is -2.23. The van der Waals surface area contributed by atoms with Crippen molar-refractivity contribution in [2.75, 3.05) is 18.1 Å². The molecule has 2 fully saturated rings. The monoisotopic (exact) mass is 297 g/mol. The van der Waals surface area contributed by atoms with E-state index in [1.54, 1.807) is 0 Å². The summed E-state index contributed by atoms with van der Waals surface area (Å²) in [6.07, 6.45) is 1.58. The minimum absolute atomic E-state index is 0.0379. The molecule has 1 aliphatic heterocycles. The van der Waals surface area contributed by atoms with Crippen molar-refractivity contribution < 1.29 is 21.9 Å². The third-order valence-corrected chi connectivity index (χ3v) is 7.23. The van der Waals surface area contributed by atoms with Gasteiger partial charge in [0.25, 0.3) is 0 Å². The molecule has 2 N–H and O–H groups in total. The Balaban J connectivity index is 1.86. The highest BCUT2D eigenvalue weighted by Gasteiger charge is 2.35. The molecule has 0 bridgehead atoms. The van der Waals surface area contributed by atoms with Crippen LogP contribution in [0.25, 0.3) is 0 Å². The molecule has 1 saturated carbocycles. The molecule has 2 rings (SSSR count). The molecule has 1 aliphatic carbocycles. The van der Waals surface area contributed by atoms with Crippen molar-refractivity contribution in [1.29, 1.82) is 0 Å². The van der Waals surface area contributed by atoms with Crippen LogP contribution in [0.3, 0.4) is 0 Å². The third kappa shape index (κ3) is 3.66. The highest BCUT2D eigenvalue weighted by atomic mass is 32.2. The SMILES string of the molecule is O=S1(=O)CCC(S(=O)(=O)NCC(O)C2CC2)CC1. The number of nitrogens with one attached hydrogen (secondary N) is 1. The maximum Gasteiger partial charge on any atom is 0.214 e. The van der Waals surface area contributed by atoms with Gasteiger partial charge in [-0.15, -0.1) is 0 Å². The molecule has 6 nitrogen and oxygen atoms in total. The summed E-state index contributed by atoms with van der Waals surface area (Å²) in [5.41, 5.74) is 0. The molecule has 106 valence electrons. The van der Waals surface area contributed by atoms with Gasteiger partial charge in [-0.05, 0) is 31.6 Å². The normalized spacial score (nSPS) is 26.9. The summed E-state index contributed by atoms with van der Waals surface area (Å²) in [6, 6.07) is 0. The Morgan fingerprint density at radius 3 is 2.22 bits per heavy atom. The molecule has 0 aromatic heterocycles. The topological polar surface area (TPSA) is 101 Å². The highest BCUT2D eigenvalue weighted by Crippen LogP contribution is 2.32. The van der Waals surface area contributed by atoms with Gasteiger partial charge in [0, 0.05) is 6.54 Å². The van der Waals surface area contributed by atoms with Crippen molar-refractivity contribution in [1.82, 2.24) is 4.72 Å². The summed E-state index contributed by atoms with van der Waals surface area (Å²) < 4.78 is 48.7. The van der Waals surface area contributed by atoms with Crippen LogP contribution in [-0.4, -0.2) is 51.3 Å². The molecule has 8 heteroatoms. The van der Waals surface area contributed by atoms with E-state index >= 15 is 0 Å². The van der Waals surface area contributed by atoms with Crippen molar-refractivity contribution in [3.05, 3.63) is 0 Å². The lowest BCUT2D eigenvalue weighted by molar-refractivity contribution is 0.155. The van der Waals surface area contributed by atoms with E-state index < -0.39 is 31.2 Å². The van der Waals surface area contributed by atoms with Gasteiger partial charge in [-0.25, -0.2) is 21.6 Å². The predicted octanol–water partition coefficient (Wildman–Crippen LogP) is -0.746. The number of sulfone groups is 1. The quantitative estimate of drug-likeness (QED) is 0.695. The largest absolute Gasteiger partial charge is 0.391 e. The number of hydrogen-bond acceptors (Lipinski definition) is 5. The number of rotatable bonds is 5. The second-order valence-electron chi connectivity index (χ2n) is 5.15. The van der Waals surface area contributed by atoms with E-state index in [1.165, 1.54) is 0 Å². The number of sulfonamides is 1. The first kappa shape index (κ1) is 14.2. The van der Waals surface area contributed by atoms with Gasteiger partial charge in [-0.1, -0.05) is 0 Å². The Labute approximate surface area is 108 Å². The predicted molar refractivity (Wildman–Crippen MR) is 67.3 cm³/mol. The van der Waals surface area contributed by atoms with Gasteiger partial charge in [0.2, 0.25) is 10.0 Å². The Kier molecular flexibility index (Phi) is 4.01. The second kappa shape index (κ2) is 5.07. The fourth-order valence-electron chi connectivity index (χ4n) is 2.15. The molecule has 1 saturated heterocycles. The molecule has 1 heterocycles. The van der Waals surface area contributed by atoms with E-state index in [0.717, 1.165) is 12.8 Å². The van der Waals surface area contributed by atoms with Crippen LogP contribution in [0.2, 0.25) is 0 Å². The maximum atomic E-state index is 11.9. The first-order valence-corrected chi connectivity index (χ1v) is 9.54. The van der Waals surface area contributed by atoms with Gasteiger partial charge < -0.3 is 5.11 Å². The fraction of sp³-hybridized carbons (Fsp3) is 1.00.